The largest absolute Gasteiger partial charge is 0.497 e. The number of hydrogen-bond acceptors (Lipinski definition) is 9. The van der Waals surface area contributed by atoms with Gasteiger partial charge in [-0.3, -0.25) is 4.79 Å². The molecule has 0 aliphatic carbocycles. The second kappa shape index (κ2) is 10.2. The third kappa shape index (κ3) is 5.08. The monoisotopic (exact) mass is 505 g/mol. The first kappa shape index (κ1) is 23.6. The Hall–Kier alpha value is -4.18. The van der Waals surface area contributed by atoms with Crippen LogP contribution in [-0.2, 0) is 4.79 Å². The normalized spacial score (nSPS) is 13.6. The minimum atomic E-state index is -0.0812. The number of nitrogen functional groups attached to an aromatic ring is 1. The molecule has 0 saturated carbocycles. The molecular formula is C25H24ClN7O3. The summed E-state index contributed by atoms with van der Waals surface area (Å²) in [5.74, 6) is 1.98. The highest BCUT2D eigenvalue weighted by Crippen LogP contribution is 2.27. The number of fused-ring (bicyclic) bond motifs is 1. The summed E-state index contributed by atoms with van der Waals surface area (Å²) in [7, 11) is 1.60. The first-order valence-electron chi connectivity index (χ1n) is 11.4. The average molecular weight is 506 g/mol. The number of ether oxygens (including phenoxy) is 2. The molecule has 5 rings (SSSR count). The lowest BCUT2D eigenvalue weighted by Gasteiger charge is -2.35. The van der Waals surface area contributed by atoms with Gasteiger partial charge in [-0.05, 0) is 36.4 Å². The molecule has 1 amide bonds. The number of rotatable bonds is 6. The first-order chi connectivity index (χ1) is 17.5. The number of methoxy groups -OCH3 is 1. The number of carbonyl (C=O) groups excluding carboxylic acids is 1. The zero-order valence-corrected chi connectivity index (χ0v) is 20.4. The quantitative estimate of drug-likeness (QED) is 0.421. The van der Waals surface area contributed by atoms with Crippen molar-refractivity contribution >= 4 is 40.4 Å². The van der Waals surface area contributed by atoms with Gasteiger partial charge in [-0.25, -0.2) is 9.97 Å². The van der Waals surface area contributed by atoms with Crippen molar-refractivity contribution in [2.24, 2.45) is 0 Å². The van der Waals surface area contributed by atoms with Gasteiger partial charge in [0, 0.05) is 36.8 Å². The van der Waals surface area contributed by atoms with Gasteiger partial charge in [0.15, 0.2) is 23.6 Å². The predicted molar refractivity (Wildman–Crippen MR) is 137 cm³/mol. The van der Waals surface area contributed by atoms with Crippen molar-refractivity contribution < 1.29 is 14.3 Å². The van der Waals surface area contributed by atoms with Crippen LogP contribution in [0.2, 0.25) is 5.02 Å². The van der Waals surface area contributed by atoms with Gasteiger partial charge in [-0.1, -0.05) is 23.7 Å². The number of aromatic nitrogens is 4. The van der Waals surface area contributed by atoms with Crippen molar-refractivity contribution in [3.8, 4) is 22.8 Å². The average Bonchev–Trinajstić information content (AvgIpc) is 2.92. The fraction of sp³-hybridized carbons (Fsp3) is 0.240. The van der Waals surface area contributed by atoms with E-state index >= 15 is 0 Å². The van der Waals surface area contributed by atoms with Crippen molar-refractivity contribution in [3.05, 3.63) is 59.8 Å². The van der Waals surface area contributed by atoms with Crippen LogP contribution in [0.4, 0.5) is 11.8 Å². The second-order valence-electron chi connectivity index (χ2n) is 8.17. The Balaban J connectivity index is 1.28. The molecule has 184 valence electrons. The molecule has 0 radical (unpaired) electrons. The van der Waals surface area contributed by atoms with Crippen LogP contribution in [0.3, 0.4) is 0 Å². The maximum absolute atomic E-state index is 12.7. The maximum Gasteiger partial charge on any atom is 0.260 e. The number of halogens is 1. The summed E-state index contributed by atoms with van der Waals surface area (Å²) in [6.45, 7) is 2.12. The minimum absolute atomic E-state index is 0.0361. The van der Waals surface area contributed by atoms with E-state index in [1.165, 1.54) is 0 Å². The molecular weight excluding hydrogens is 482 g/mol. The molecule has 2 aromatic carbocycles. The molecule has 1 fully saturated rings. The van der Waals surface area contributed by atoms with Crippen LogP contribution in [0.1, 0.15) is 0 Å². The number of piperazine rings is 1. The van der Waals surface area contributed by atoms with Crippen molar-refractivity contribution in [2.45, 2.75) is 0 Å². The summed E-state index contributed by atoms with van der Waals surface area (Å²) >= 11 is 6.02. The topological polar surface area (TPSA) is 120 Å². The molecule has 1 saturated heterocycles. The Bertz CT molecular complexity index is 1380. The SMILES string of the molecule is COc1ccc(OCC(=O)N2CCN(c3nc(N)nc4ncc(-c5ccc(Cl)cc5)nc34)CC2)cc1. The third-order valence-electron chi connectivity index (χ3n) is 5.90. The van der Waals surface area contributed by atoms with Crippen LogP contribution < -0.4 is 20.1 Å². The van der Waals surface area contributed by atoms with E-state index in [2.05, 4.69) is 19.9 Å². The van der Waals surface area contributed by atoms with Crippen molar-refractivity contribution in [3.63, 3.8) is 0 Å². The van der Waals surface area contributed by atoms with E-state index in [-0.39, 0.29) is 18.5 Å². The van der Waals surface area contributed by atoms with E-state index < -0.39 is 0 Å². The number of benzene rings is 2. The van der Waals surface area contributed by atoms with E-state index in [4.69, 9.17) is 31.8 Å². The van der Waals surface area contributed by atoms with Crippen LogP contribution in [-0.4, -0.2) is 70.6 Å². The second-order valence-corrected chi connectivity index (χ2v) is 8.61. The smallest absolute Gasteiger partial charge is 0.260 e. The molecule has 10 nitrogen and oxygen atoms in total. The zero-order chi connectivity index (χ0) is 25.1. The van der Waals surface area contributed by atoms with Gasteiger partial charge >= 0.3 is 0 Å². The molecule has 1 aliphatic heterocycles. The summed E-state index contributed by atoms with van der Waals surface area (Å²) in [5, 5.41) is 0.645. The van der Waals surface area contributed by atoms with Gasteiger partial charge in [-0.15, -0.1) is 0 Å². The molecule has 1 aliphatic rings. The number of amides is 1. The summed E-state index contributed by atoms with van der Waals surface area (Å²) in [5.41, 5.74) is 8.50. The summed E-state index contributed by atoms with van der Waals surface area (Å²) in [6.07, 6.45) is 1.65. The molecule has 36 heavy (non-hydrogen) atoms. The Morgan fingerprint density at radius 1 is 0.972 bits per heavy atom. The molecule has 0 atom stereocenters. The molecule has 0 spiro atoms. The van der Waals surface area contributed by atoms with Gasteiger partial charge in [0.25, 0.3) is 5.91 Å². The minimum Gasteiger partial charge on any atom is -0.497 e. The van der Waals surface area contributed by atoms with Crippen LogP contribution >= 0.6 is 11.6 Å². The van der Waals surface area contributed by atoms with E-state index in [9.17, 15) is 4.79 Å². The number of nitrogens with zero attached hydrogens (tertiary/aromatic N) is 6. The number of carbonyl (C=O) groups is 1. The van der Waals surface area contributed by atoms with E-state index in [1.807, 2.05) is 12.1 Å². The molecule has 3 heterocycles. The van der Waals surface area contributed by atoms with E-state index in [0.717, 1.165) is 11.3 Å². The molecule has 0 unspecified atom stereocenters. The van der Waals surface area contributed by atoms with Crippen LogP contribution in [0.5, 0.6) is 11.5 Å². The number of anilines is 2. The molecule has 4 aromatic rings. The molecule has 0 bridgehead atoms. The highest BCUT2D eigenvalue weighted by molar-refractivity contribution is 6.30. The Kier molecular flexibility index (Phi) is 6.68. The predicted octanol–water partition coefficient (Wildman–Crippen LogP) is 3.06. The lowest BCUT2D eigenvalue weighted by molar-refractivity contribution is -0.133. The lowest BCUT2D eigenvalue weighted by atomic mass is 10.1. The van der Waals surface area contributed by atoms with Gasteiger partial charge in [0.1, 0.15) is 11.5 Å². The van der Waals surface area contributed by atoms with Crippen molar-refractivity contribution in [1.82, 2.24) is 24.8 Å². The lowest BCUT2D eigenvalue weighted by Crippen LogP contribution is -2.50. The molecule has 2 aromatic heterocycles. The Morgan fingerprint density at radius 3 is 2.36 bits per heavy atom. The van der Waals surface area contributed by atoms with E-state index in [0.29, 0.717) is 59.6 Å². The zero-order valence-electron chi connectivity index (χ0n) is 19.6. The van der Waals surface area contributed by atoms with Gasteiger partial charge in [-0.2, -0.15) is 9.97 Å². The Labute approximate surface area is 212 Å². The van der Waals surface area contributed by atoms with Crippen LogP contribution in [0, 0.1) is 0 Å². The maximum atomic E-state index is 12.7. The Morgan fingerprint density at radius 2 is 1.67 bits per heavy atom. The highest BCUT2D eigenvalue weighted by Gasteiger charge is 2.25. The van der Waals surface area contributed by atoms with Crippen LogP contribution in [0.25, 0.3) is 22.4 Å². The highest BCUT2D eigenvalue weighted by atomic mass is 35.5. The summed E-state index contributed by atoms with van der Waals surface area (Å²) in [6, 6.07) is 14.5. The third-order valence-corrected chi connectivity index (χ3v) is 6.15. The van der Waals surface area contributed by atoms with Crippen LogP contribution in [0.15, 0.2) is 54.7 Å². The van der Waals surface area contributed by atoms with Gasteiger partial charge in [0.2, 0.25) is 5.95 Å². The summed E-state index contributed by atoms with van der Waals surface area (Å²) < 4.78 is 10.8. The fourth-order valence-corrected chi connectivity index (χ4v) is 4.09. The van der Waals surface area contributed by atoms with Gasteiger partial charge < -0.3 is 25.0 Å². The standard InChI is InChI=1S/C25H24ClN7O3/c1-35-18-6-8-19(9-7-18)36-15-21(34)32-10-12-33(13-11-32)24-22-23(30-25(27)31-24)28-14-20(29-22)16-2-4-17(26)5-3-16/h2-9,14H,10-13,15H2,1H3,(H2,27,28,30,31). The first-order valence-corrected chi connectivity index (χ1v) is 11.7. The number of nitrogens with two attached hydrogens (primary N) is 1. The molecule has 11 heteroatoms. The van der Waals surface area contributed by atoms with E-state index in [1.54, 1.807) is 54.6 Å². The summed E-state index contributed by atoms with van der Waals surface area (Å²) in [4.78, 5) is 34.5. The fourth-order valence-electron chi connectivity index (χ4n) is 3.97. The van der Waals surface area contributed by atoms with Crippen molar-refractivity contribution in [1.29, 1.82) is 0 Å². The molecule has 2 N–H and O–H groups in total. The number of hydrogen-bond donors (Lipinski definition) is 1. The van der Waals surface area contributed by atoms with Crippen molar-refractivity contribution in [2.75, 3.05) is 50.5 Å². The van der Waals surface area contributed by atoms with Gasteiger partial charge in [0.05, 0.1) is 19.0 Å².